The Morgan fingerprint density at radius 3 is 2.62 bits per heavy atom. The fourth-order valence-corrected chi connectivity index (χ4v) is 4.79. The number of sulfonamides is 1. The fraction of sp³-hybridized carbons (Fsp3) is 0.400. The second-order valence-corrected chi connectivity index (χ2v) is 7.64. The Kier molecular flexibility index (Phi) is 3.90. The number of halogens is 1. The Hall–Kier alpha value is -1.17. The van der Waals surface area contributed by atoms with Crippen molar-refractivity contribution < 1.29 is 8.42 Å². The Morgan fingerprint density at radius 1 is 1.19 bits per heavy atom. The first-order valence-electron chi connectivity index (χ1n) is 7.06. The second kappa shape index (κ2) is 5.55. The third kappa shape index (κ3) is 2.54. The standard InChI is InChI=1S/C15H17ClN2O2S/c1-11-6-5-7-12-14(11)13(10-17-15(12)16)21(19,20)18-8-3-2-4-9-18/h5-7,10H,2-4,8-9H2,1H3. The van der Waals surface area contributed by atoms with Crippen LogP contribution in [0.4, 0.5) is 0 Å². The van der Waals surface area contributed by atoms with Gasteiger partial charge in [0.15, 0.2) is 0 Å². The minimum absolute atomic E-state index is 0.266. The van der Waals surface area contributed by atoms with Gasteiger partial charge in [0, 0.05) is 30.1 Å². The number of rotatable bonds is 2. The van der Waals surface area contributed by atoms with Gasteiger partial charge in [0.05, 0.1) is 0 Å². The van der Waals surface area contributed by atoms with Crippen LogP contribution in [0, 0.1) is 6.92 Å². The van der Waals surface area contributed by atoms with Crippen LogP contribution in [0.15, 0.2) is 29.3 Å². The summed E-state index contributed by atoms with van der Waals surface area (Å²) in [5.41, 5.74) is 0.896. The zero-order chi connectivity index (χ0) is 15.0. The molecule has 0 N–H and O–H groups in total. The van der Waals surface area contributed by atoms with E-state index in [0.29, 0.717) is 29.0 Å². The van der Waals surface area contributed by atoms with Crippen molar-refractivity contribution in [3.05, 3.63) is 35.1 Å². The Balaban J connectivity index is 2.23. The number of aromatic nitrogens is 1. The van der Waals surface area contributed by atoms with Gasteiger partial charge in [-0.3, -0.25) is 0 Å². The molecule has 0 saturated carbocycles. The smallest absolute Gasteiger partial charge is 0.242 e. The molecule has 1 aromatic carbocycles. The van der Waals surface area contributed by atoms with Crippen molar-refractivity contribution in [2.75, 3.05) is 13.1 Å². The van der Waals surface area contributed by atoms with Crippen molar-refractivity contribution >= 4 is 32.4 Å². The highest BCUT2D eigenvalue weighted by Crippen LogP contribution is 2.32. The molecule has 0 atom stereocenters. The predicted octanol–water partition coefficient (Wildman–Crippen LogP) is 3.37. The summed E-state index contributed by atoms with van der Waals surface area (Å²) in [7, 11) is -3.52. The number of piperidine rings is 1. The second-order valence-electron chi connectivity index (χ2n) is 5.38. The van der Waals surface area contributed by atoms with E-state index < -0.39 is 10.0 Å². The van der Waals surface area contributed by atoms with Gasteiger partial charge in [-0.1, -0.05) is 36.2 Å². The lowest BCUT2D eigenvalue weighted by atomic mass is 10.1. The van der Waals surface area contributed by atoms with E-state index in [1.54, 1.807) is 4.31 Å². The van der Waals surface area contributed by atoms with E-state index in [1.165, 1.54) is 6.20 Å². The predicted molar refractivity (Wildman–Crippen MR) is 84.1 cm³/mol. The third-order valence-electron chi connectivity index (χ3n) is 3.97. The van der Waals surface area contributed by atoms with E-state index in [4.69, 9.17) is 11.6 Å². The topological polar surface area (TPSA) is 50.3 Å². The van der Waals surface area contributed by atoms with Gasteiger partial charge in [0.1, 0.15) is 10.0 Å². The van der Waals surface area contributed by atoms with Gasteiger partial charge in [-0.25, -0.2) is 13.4 Å². The summed E-state index contributed by atoms with van der Waals surface area (Å²) in [6, 6.07) is 5.57. The molecule has 6 heteroatoms. The van der Waals surface area contributed by atoms with Gasteiger partial charge in [-0.2, -0.15) is 4.31 Å². The SMILES string of the molecule is Cc1cccc2c(Cl)ncc(S(=O)(=O)N3CCCCC3)c12. The molecule has 0 bridgehead atoms. The average Bonchev–Trinajstić information content (AvgIpc) is 2.49. The molecule has 1 fully saturated rings. The molecule has 0 aliphatic carbocycles. The maximum Gasteiger partial charge on any atom is 0.245 e. The quantitative estimate of drug-likeness (QED) is 0.796. The van der Waals surface area contributed by atoms with Crippen LogP contribution in [0.1, 0.15) is 24.8 Å². The van der Waals surface area contributed by atoms with Gasteiger partial charge in [0.25, 0.3) is 0 Å². The molecular weight excluding hydrogens is 308 g/mol. The number of hydrogen-bond acceptors (Lipinski definition) is 3. The van der Waals surface area contributed by atoms with E-state index >= 15 is 0 Å². The number of pyridine rings is 1. The van der Waals surface area contributed by atoms with Crippen LogP contribution in [-0.2, 0) is 10.0 Å². The third-order valence-corrected chi connectivity index (χ3v) is 6.18. The molecule has 1 aliphatic rings. The molecule has 112 valence electrons. The van der Waals surface area contributed by atoms with Gasteiger partial charge in [0.2, 0.25) is 10.0 Å². The van der Waals surface area contributed by atoms with Crippen molar-refractivity contribution in [3.63, 3.8) is 0 Å². The largest absolute Gasteiger partial charge is 0.245 e. The van der Waals surface area contributed by atoms with Crippen molar-refractivity contribution in [2.45, 2.75) is 31.1 Å². The molecule has 0 amide bonds. The van der Waals surface area contributed by atoms with Crippen molar-refractivity contribution in [3.8, 4) is 0 Å². The summed E-state index contributed by atoms with van der Waals surface area (Å²) >= 11 is 6.12. The maximum absolute atomic E-state index is 12.9. The van der Waals surface area contributed by atoms with E-state index in [2.05, 4.69) is 4.98 Å². The molecule has 2 heterocycles. The summed E-state index contributed by atoms with van der Waals surface area (Å²) < 4.78 is 27.4. The highest BCUT2D eigenvalue weighted by atomic mass is 35.5. The van der Waals surface area contributed by atoms with Crippen molar-refractivity contribution in [1.82, 2.24) is 9.29 Å². The highest BCUT2D eigenvalue weighted by Gasteiger charge is 2.28. The molecule has 0 spiro atoms. The maximum atomic E-state index is 12.9. The van der Waals surface area contributed by atoms with Crippen molar-refractivity contribution in [2.24, 2.45) is 0 Å². The lowest BCUT2D eigenvalue weighted by Gasteiger charge is -2.26. The molecule has 1 aromatic heterocycles. The van der Waals surface area contributed by atoms with Gasteiger partial charge in [-0.05, 0) is 25.3 Å². The zero-order valence-corrected chi connectivity index (χ0v) is 13.4. The molecule has 4 nitrogen and oxygen atoms in total. The summed E-state index contributed by atoms with van der Waals surface area (Å²) in [5.74, 6) is 0. The molecular formula is C15H17ClN2O2S. The first-order valence-corrected chi connectivity index (χ1v) is 8.87. The molecule has 1 saturated heterocycles. The van der Waals surface area contributed by atoms with Crippen LogP contribution < -0.4 is 0 Å². The monoisotopic (exact) mass is 324 g/mol. The number of benzene rings is 1. The number of aryl methyl sites for hydroxylation is 1. The van der Waals surface area contributed by atoms with Crippen molar-refractivity contribution in [1.29, 1.82) is 0 Å². The van der Waals surface area contributed by atoms with Crippen LogP contribution in [0.5, 0.6) is 0 Å². The zero-order valence-electron chi connectivity index (χ0n) is 11.8. The van der Waals surface area contributed by atoms with Crippen LogP contribution in [0.3, 0.4) is 0 Å². The Bertz CT molecular complexity index is 784. The molecule has 3 rings (SSSR count). The minimum Gasteiger partial charge on any atom is -0.242 e. The van der Waals surface area contributed by atoms with E-state index in [1.807, 2.05) is 25.1 Å². The molecule has 21 heavy (non-hydrogen) atoms. The van der Waals surface area contributed by atoms with Crippen LogP contribution in [-0.4, -0.2) is 30.8 Å². The summed E-state index contributed by atoms with van der Waals surface area (Å²) in [6.45, 7) is 3.06. The first-order chi connectivity index (χ1) is 10.0. The van der Waals surface area contributed by atoms with Crippen LogP contribution in [0.2, 0.25) is 5.15 Å². The lowest BCUT2D eigenvalue weighted by molar-refractivity contribution is 0.347. The van der Waals surface area contributed by atoms with Gasteiger partial charge < -0.3 is 0 Å². The van der Waals surface area contributed by atoms with Gasteiger partial charge >= 0.3 is 0 Å². The molecule has 0 radical (unpaired) electrons. The Labute approximate surface area is 129 Å². The first kappa shape index (κ1) is 14.8. The summed E-state index contributed by atoms with van der Waals surface area (Å²) in [5, 5.41) is 1.71. The van der Waals surface area contributed by atoms with Crippen LogP contribution in [0.25, 0.3) is 10.8 Å². The van der Waals surface area contributed by atoms with Crippen LogP contribution >= 0.6 is 11.6 Å². The summed E-state index contributed by atoms with van der Waals surface area (Å²) in [6.07, 6.45) is 4.31. The van der Waals surface area contributed by atoms with E-state index in [0.717, 1.165) is 24.8 Å². The number of hydrogen-bond donors (Lipinski definition) is 0. The number of fused-ring (bicyclic) bond motifs is 1. The van der Waals surface area contributed by atoms with E-state index in [9.17, 15) is 8.42 Å². The van der Waals surface area contributed by atoms with E-state index in [-0.39, 0.29) is 4.90 Å². The average molecular weight is 325 g/mol. The van der Waals surface area contributed by atoms with Gasteiger partial charge in [-0.15, -0.1) is 0 Å². The highest BCUT2D eigenvalue weighted by molar-refractivity contribution is 7.89. The fourth-order valence-electron chi connectivity index (χ4n) is 2.86. The lowest BCUT2D eigenvalue weighted by Crippen LogP contribution is -2.35. The Morgan fingerprint density at radius 2 is 1.90 bits per heavy atom. The normalized spacial score (nSPS) is 17.2. The molecule has 0 unspecified atom stereocenters. The minimum atomic E-state index is -3.52. The molecule has 1 aliphatic heterocycles. The number of nitrogens with zero attached hydrogens (tertiary/aromatic N) is 2. The summed E-state index contributed by atoms with van der Waals surface area (Å²) in [4.78, 5) is 4.33. The molecule has 2 aromatic rings.